The fourth-order valence-corrected chi connectivity index (χ4v) is 3.59. The Morgan fingerprint density at radius 3 is 2.85 bits per heavy atom. The van der Waals surface area contributed by atoms with E-state index in [4.69, 9.17) is 16.3 Å². The van der Waals surface area contributed by atoms with Crippen LogP contribution in [0.5, 0.6) is 11.5 Å². The van der Waals surface area contributed by atoms with E-state index in [0.717, 1.165) is 17.1 Å². The molecule has 2 aromatic carbocycles. The van der Waals surface area contributed by atoms with Crippen LogP contribution in [-0.4, -0.2) is 29.9 Å². The van der Waals surface area contributed by atoms with Crippen LogP contribution in [-0.2, 0) is 11.3 Å². The van der Waals surface area contributed by atoms with Crippen LogP contribution in [0.15, 0.2) is 42.5 Å². The lowest BCUT2D eigenvalue weighted by Crippen LogP contribution is -2.41. The number of amides is 2. The number of anilines is 1. The number of halogens is 1. The topological polar surface area (TPSA) is 58.6 Å². The predicted molar refractivity (Wildman–Crippen MR) is 110 cm³/mol. The number of carbonyl (C=O) groups is 2. The van der Waals surface area contributed by atoms with Gasteiger partial charge in [-0.25, -0.2) is 4.79 Å². The minimum atomic E-state index is -0.352. The van der Waals surface area contributed by atoms with Gasteiger partial charge in [-0.1, -0.05) is 36.7 Å². The maximum absolute atomic E-state index is 12.8. The minimum Gasteiger partial charge on any atom is -0.455 e. The third-order valence-electron chi connectivity index (χ3n) is 4.14. The van der Waals surface area contributed by atoms with E-state index in [-0.39, 0.29) is 18.4 Å². The number of hydrogen-bond donors (Lipinski definition) is 1. The highest BCUT2D eigenvalue weighted by molar-refractivity contribution is 7.99. The maximum atomic E-state index is 12.8. The summed E-state index contributed by atoms with van der Waals surface area (Å²) in [5.74, 6) is 3.01. The first kappa shape index (κ1) is 19.6. The van der Waals surface area contributed by atoms with Crippen LogP contribution in [0.25, 0.3) is 0 Å². The molecule has 0 atom stereocenters. The normalized spacial score (nSPS) is 12.4. The van der Waals surface area contributed by atoms with Gasteiger partial charge in [0.25, 0.3) is 0 Å². The van der Waals surface area contributed by atoms with E-state index in [0.29, 0.717) is 35.2 Å². The highest BCUT2D eigenvalue weighted by atomic mass is 35.5. The predicted octanol–water partition coefficient (Wildman–Crippen LogP) is 4.87. The average molecular weight is 405 g/mol. The lowest BCUT2D eigenvalue weighted by molar-refractivity contribution is -0.117. The molecule has 3 rings (SSSR count). The molecule has 0 fully saturated rings. The molecular weight excluding hydrogens is 384 g/mol. The summed E-state index contributed by atoms with van der Waals surface area (Å²) in [6, 6.07) is 12.4. The summed E-state index contributed by atoms with van der Waals surface area (Å²) in [5.41, 5.74) is 1.45. The molecule has 1 heterocycles. The molecule has 0 unspecified atom stereocenters. The Morgan fingerprint density at radius 1 is 1.22 bits per heavy atom. The average Bonchev–Trinajstić information content (AvgIpc) is 2.83. The molecule has 142 valence electrons. The van der Waals surface area contributed by atoms with Crippen LogP contribution in [0.3, 0.4) is 0 Å². The molecule has 1 N–H and O–H groups in total. The molecule has 27 heavy (non-hydrogen) atoms. The van der Waals surface area contributed by atoms with E-state index >= 15 is 0 Å². The molecule has 7 heteroatoms. The van der Waals surface area contributed by atoms with Crippen molar-refractivity contribution in [2.45, 2.75) is 19.9 Å². The molecule has 0 radical (unpaired) electrons. The lowest BCUT2D eigenvalue weighted by Gasteiger charge is -2.22. The summed E-state index contributed by atoms with van der Waals surface area (Å²) in [6.07, 6.45) is 0.452. The number of ketones is 1. The number of fused-ring (bicyclic) bond motifs is 2. The van der Waals surface area contributed by atoms with Crippen molar-refractivity contribution in [2.75, 3.05) is 23.0 Å². The molecule has 1 aliphatic heterocycles. The van der Waals surface area contributed by atoms with Crippen molar-refractivity contribution in [3.8, 4) is 11.5 Å². The Hall–Kier alpha value is -2.18. The molecule has 0 saturated heterocycles. The fraction of sp³-hybridized carbons (Fsp3) is 0.300. The maximum Gasteiger partial charge on any atom is 0.322 e. The van der Waals surface area contributed by atoms with Crippen LogP contribution in [0.4, 0.5) is 10.5 Å². The zero-order chi connectivity index (χ0) is 19.2. The van der Waals surface area contributed by atoms with Crippen LogP contribution < -0.4 is 15.0 Å². The second-order valence-electron chi connectivity index (χ2n) is 6.05. The first-order chi connectivity index (χ1) is 13.1. The van der Waals surface area contributed by atoms with Gasteiger partial charge in [-0.2, -0.15) is 11.8 Å². The van der Waals surface area contributed by atoms with E-state index in [1.54, 1.807) is 34.9 Å². The molecular formula is C20H21ClN2O3S. The Kier molecular flexibility index (Phi) is 6.63. The number of ether oxygens (including phenoxy) is 1. The van der Waals surface area contributed by atoms with Gasteiger partial charge in [0, 0.05) is 22.8 Å². The number of rotatable bonds is 6. The van der Waals surface area contributed by atoms with E-state index in [9.17, 15) is 9.59 Å². The van der Waals surface area contributed by atoms with Crippen LogP contribution in [0.2, 0.25) is 5.02 Å². The summed E-state index contributed by atoms with van der Waals surface area (Å²) in [5, 5.41) is 3.24. The summed E-state index contributed by atoms with van der Waals surface area (Å²) in [4.78, 5) is 26.4. The molecule has 5 nitrogen and oxygen atoms in total. The molecule has 0 aromatic heterocycles. The number of urea groups is 1. The quantitative estimate of drug-likeness (QED) is 0.697. The monoisotopic (exact) mass is 404 g/mol. The van der Waals surface area contributed by atoms with Gasteiger partial charge in [-0.15, -0.1) is 0 Å². The van der Waals surface area contributed by atoms with E-state index in [2.05, 4.69) is 12.2 Å². The first-order valence-corrected chi connectivity index (χ1v) is 10.3. The van der Waals surface area contributed by atoms with Gasteiger partial charge < -0.3 is 10.1 Å². The van der Waals surface area contributed by atoms with Crippen LogP contribution >= 0.6 is 23.4 Å². The van der Waals surface area contributed by atoms with Crippen molar-refractivity contribution < 1.29 is 14.3 Å². The number of thioether (sulfide) groups is 1. The molecule has 0 spiro atoms. The third-order valence-corrected chi connectivity index (χ3v) is 5.28. The van der Waals surface area contributed by atoms with Crippen molar-refractivity contribution in [2.24, 2.45) is 0 Å². The molecule has 0 saturated carbocycles. The summed E-state index contributed by atoms with van der Waals surface area (Å²) < 4.78 is 5.98. The van der Waals surface area contributed by atoms with Crippen molar-refractivity contribution in [3.63, 3.8) is 0 Å². The summed E-state index contributed by atoms with van der Waals surface area (Å²) in [6.45, 7) is 2.39. The summed E-state index contributed by atoms with van der Waals surface area (Å²) >= 11 is 7.85. The lowest BCUT2D eigenvalue weighted by atomic mass is 10.2. The van der Waals surface area contributed by atoms with E-state index in [1.807, 2.05) is 24.3 Å². The minimum absolute atomic E-state index is 0.0119. The molecule has 0 aliphatic carbocycles. The Balaban J connectivity index is 1.78. The third kappa shape index (κ3) is 4.96. The second kappa shape index (κ2) is 9.15. The van der Waals surface area contributed by atoms with Gasteiger partial charge in [-0.05, 0) is 30.0 Å². The number of Topliss-reactive ketones (excluding diaryl/α,β-unsaturated/α-hetero) is 1. The zero-order valence-electron chi connectivity index (χ0n) is 15.0. The number of para-hydroxylation sites is 1. The molecule has 2 amide bonds. The highest BCUT2D eigenvalue weighted by Gasteiger charge is 2.25. The van der Waals surface area contributed by atoms with Gasteiger partial charge in [0.2, 0.25) is 0 Å². The molecule has 0 bridgehead atoms. The zero-order valence-corrected chi connectivity index (χ0v) is 16.6. The second-order valence-corrected chi connectivity index (χ2v) is 7.88. The number of nitrogens with one attached hydrogen (secondary N) is 1. The van der Waals surface area contributed by atoms with Gasteiger partial charge in [0.15, 0.2) is 11.5 Å². The summed E-state index contributed by atoms with van der Waals surface area (Å²) in [7, 11) is 0. The van der Waals surface area contributed by atoms with Crippen molar-refractivity contribution in [1.29, 1.82) is 0 Å². The van der Waals surface area contributed by atoms with Gasteiger partial charge in [0.05, 0.1) is 18.8 Å². The van der Waals surface area contributed by atoms with Gasteiger partial charge in [0.1, 0.15) is 5.75 Å². The van der Waals surface area contributed by atoms with Crippen molar-refractivity contribution >= 4 is 40.9 Å². The largest absolute Gasteiger partial charge is 0.455 e. The number of benzene rings is 2. The van der Waals surface area contributed by atoms with Crippen LogP contribution in [0.1, 0.15) is 18.9 Å². The van der Waals surface area contributed by atoms with Crippen LogP contribution in [0, 0.1) is 0 Å². The van der Waals surface area contributed by atoms with Gasteiger partial charge >= 0.3 is 6.03 Å². The Morgan fingerprint density at radius 2 is 2.04 bits per heavy atom. The Bertz CT molecular complexity index is 844. The Labute approximate surface area is 168 Å². The van der Waals surface area contributed by atoms with E-state index in [1.165, 1.54) is 0 Å². The highest BCUT2D eigenvalue weighted by Crippen LogP contribution is 2.40. The fourth-order valence-electron chi connectivity index (χ4n) is 2.77. The first-order valence-electron chi connectivity index (χ1n) is 8.78. The SMILES string of the molecule is CCSCCC(=O)CNC(=O)N1Cc2ccccc2Oc2ccc(Cl)cc21. The smallest absolute Gasteiger partial charge is 0.322 e. The molecule has 2 aromatic rings. The number of carbonyl (C=O) groups excluding carboxylic acids is 2. The number of nitrogens with zero attached hydrogens (tertiary/aromatic N) is 1. The van der Waals surface area contributed by atoms with Crippen molar-refractivity contribution in [1.82, 2.24) is 5.32 Å². The number of hydrogen-bond acceptors (Lipinski definition) is 4. The standard InChI is InChI=1S/C20H21ClN2O3S/c1-2-27-10-9-16(24)12-22-20(25)23-13-14-5-3-4-6-18(14)26-19-8-7-15(21)11-17(19)23/h3-8,11H,2,9-10,12-13H2,1H3,(H,22,25). The van der Waals surface area contributed by atoms with Gasteiger partial charge in [-0.3, -0.25) is 9.69 Å². The molecule has 1 aliphatic rings. The van der Waals surface area contributed by atoms with Crippen molar-refractivity contribution in [3.05, 3.63) is 53.1 Å². The van der Waals surface area contributed by atoms with E-state index < -0.39 is 0 Å².